The van der Waals surface area contributed by atoms with Crippen molar-refractivity contribution in [1.82, 2.24) is 9.62 Å². The Hall–Kier alpha value is -2.42. The molecule has 0 aliphatic carbocycles. The second kappa shape index (κ2) is 10.3. The third-order valence-corrected chi connectivity index (χ3v) is 7.07. The number of sulfonamides is 1. The summed E-state index contributed by atoms with van der Waals surface area (Å²) in [6, 6.07) is 13.7. The van der Waals surface area contributed by atoms with Crippen LogP contribution in [0, 0.1) is 0 Å². The maximum Gasteiger partial charge on any atom is 0.253 e. The lowest BCUT2D eigenvalue weighted by atomic mass is 10.0. The molecule has 0 aromatic heterocycles. The Morgan fingerprint density at radius 2 is 1.94 bits per heavy atom. The molecule has 0 bridgehead atoms. The summed E-state index contributed by atoms with van der Waals surface area (Å²) >= 11 is 0. The summed E-state index contributed by atoms with van der Waals surface area (Å²) in [4.78, 5) is 14.7. The standard InChI is InChI=1S/C23H30N2O5S/c1-17(15-19-7-4-5-9-22(19)29-3)25(2)23(26)18-10-12-21(13-11-18)31(27,28)24-16-20-8-6-14-30-20/h4-5,7,9-13,17,20,24H,6,8,14-16H2,1-3H3/t17-,20+/m1/s1. The van der Waals surface area contributed by atoms with E-state index in [4.69, 9.17) is 9.47 Å². The predicted molar refractivity (Wildman–Crippen MR) is 119 cm³/mol. The molecule has 7 nitrogen and oxygen atoms in total. The van der Waals surface area contributed by atoms with Gasteiger partial charge >= 0.3 is 0 Å². The van der Waals surface area contributed by atoms with Crippen LogP contribution in [-0.2, 0) is 21.2 Å². The van der Waals surface area contributed by atoms with Gasteiger partial charge in [-0.25, -0.2) is 13.1 Å². The summed E-state index contributed by atoms with van der Waals surface area (Å²) in [5.41, 5.74) is 1.46. The zero-order valence-electron chi connectivity index (χ0n) is 18.2. The lowest BCUT2D eigenvalue weighted by Crippen LogP contribution is -2.36. The van der Waals surface area contributed by atoms with Crippen molar-refractivity contribution in [2.75, 3.05) is 27.3 Å². The number of rotatable bonds is 9. The number of amides is 1. The number of benzene rings is 2. The predicted octanol–water partition coefficient (Wildman–Crippen LogP) is 2.86. The van der Waals surface area contributed by atoms with Gasteiger partial charge in [0.25, 0.3) is 5.91 Å². The van der Waals surface area contributed by atoms with E-state index >= 15 is 0 Å². The van der Waals surface area contributed by atoms with Gasteiger partial charge in [0.2, 0.25) is 10.0 Å². The van der Waals surface area contributed by atoms with Gasteiger partial charge in [0.1, 0.15) is 5.75 Å². The third-order valence-electron chi connectivity index (χ3n) is 5.63. The molecule has 31 heavy (non-hydrogen) atoms. The third kappa shape index (κ3) is 5.84. The van der Waals surface area contributed by atoms with E-state index in [0.29, 0.717) is 18.6 Å². The van der Waals surface area contributed by atoms with Crippen molar-refractivity contribution in [1.29, 1.82) is 0 Å². The fourth-order valence-corrected chi connectivity index (χ4v) is 4.66. The number of hydrogen-bond acceptors (Lipinski definition) is 5. The van der Waals surface area contributed by atoms with E-state index in [0.717, 1.165) is 24.2 Å². The first-order valence-corrected chi connectivity index (χ1v) is 11.9. The molecule has 1 fully saturated rings. The molecule has 2 aromatic rings. The molecular formula is C23H30N2O5S. The minimum absolute atomic E-state index is 0.0692. The fourth-order valence-electron chi connectivity index (χ4n) is 3.60. The van der Waals surface area contributed by atoms with Crippen molar-refractivity contribution < 1.29 is 22.7 Å². The fraction of sp³-hybridized carbons (Fsp3) is 0.435. The van der Waals surface area contributed by atoms with Crippen LogP contribution in [0.2, 0.25) is 0 Å². The molecule has 0 spiro atoms. The summed E-state index contributed by atoms with van der Waals surface area (Å²) in [5, 5.41) is 0. The molecule has 3 rings (SSSR count). The van der Waals surface area contributed by atoms with E-state index < -0.39 is 10.0 Å². The molecule has 2 aromatic carbocycles. The molecule has 8 heteroatoms. The van der Waals surface area contributed by atoms with Crippen LogP contribution in [0.15, 0.2) is 53.4 Å². The highest BCUT2D eigenvalue weighted by Gasteiger charge is 2.22. The number of ether oxygens (including phenoxy) is 2. The van der Waals surface area contributed by atoms with Crippen molar-refractivity contribution in [2.24, 2.45) is 0 Å². The first kappa shape index (κ1) is 23.2. The number of hydrogen-bond donors (Lipinski definition) is 1. The van der Waals surface area contributed by atoms with Gasteiger partial charge in [-0.3, -0.25) is 4.79 Å². The van der Waals surface area contributed by atoms with Crippen LogP contribution in [0.5, 0.6) is 5.75 Å². The van der Waals surface area contributed by atoms with Crippen LogP contribution in [0.4, 0.5) is 0 Å². The lowest BCUT2D eigenvalue weighted by Gasteiger charge is -2.26. The molecule has 2 atom stereocenters. The Bertz CT molecular complexity index is 985. The first-order valence-electron chi connectivity index (χ1n) is 10.4. The molecule has 1 heterocycles. The maximum absolute atomic E-state index is 12.9. The number of methoxy groups -OCH3 is 1. The Morgan fingerprint density at radius 3 is 2.58 bits per heavy atom. The zero-order valence-corrected chi connectivity index (χ0v) is 19.0. The molecule has 0 unspecified atom stereocenters. The van der Waals surface area contributed by atoms with Crippen LogP contribution in [-0.4, -0.2) is 58.7 Å². The molecule has 1 saturated heterocycles. The Morgan fingerprint density at radius 1 is 1.23 bits per heavy atom. The van der Waals surface area contributed by atoms with Crippen LogP contribution in [0.3, 0.4) is 0 Å². The highest BCUT2D eigenvalue weighted by atomic mass is 32.2. The lowest BCUT2D eigenvalue weighted by molar-refractivity contribution is 0.0743. The normalized spacial score (nSPS) is 17.3. The second-order valence-electron chi connectivity index (χ2n) is 7.79. The van der Waals surface area contributed by atoms with E-state index in [1.54, 1.807) is 31.2 Å². The van der Waals surface area contributed by atoms with E-state index in [9.17, 15) is 13.2 Å². The van der Waals surface area contributed by atoms with Crippen molar-refractivity contribution >= 4 is 15.9 Å². The number of carbonyl (C=O) groups is 1. The van der Waals surface area contributed by atoms with Crippen LogP contribution < -0.4 is 9.46 Å². The SMILES string of the molecule is COc1ccccc1C[C@@H](C)N(C)C(=O)c1ccc(S(=O)(=O)NC[C@@H]2CCCO2)cc1. The van der Waals surface area contributed by atoms with Crippen LogP contribution in [0.1, 0.15) is 35.7 Å². The molecule has 0 radical (unpaired) electrons. The van der Waals surface area contributed by atoms with E-state index in [2.05, 4.69) is 4.72 Å². The first-order chi connectivity index (χ1) is 14.8. The highest BCUT2D eigenvalue weighted by molar-refractivity contribution is 7.89. The van der Waals surface area contributed by atoms with Gasteiger partial charge < -0.3 is 14.4 Å². The zero-order chi connectivity index (χ0) is 22.4. The van der Waals surface area contributed by atoms with Crippen molar-refractivity contribution in [2.45, 2.75) is 43.2 Å². The van der Waals surface area contributed by atoms with Gasteiger partial charge in [-0.15, -0.1) is 0 Å². The molecule has 168 valence electrons. The van der Waals surface area contributed by atoms with Crippen LogP contribution >= 0.6 is 0 Å². The average Bonchev–Trinajstić information content (AvgIpc) is 3.31. The summed E-state index contributed by atoms with van der Waals surface area (Å²) < 4.78 is 38.4. The smallest absolute Gasteiger partial charge is 0.253 e. The molecule has 1 N–H and O–H groups in total. The summed E-state index contributed by atoms with van der Waals surface area (Å²) in [6.07, 6.45) is 2.38. The molecule has 0 saturated carbocycles. The second-order valence-corrected chi connectivity index (χ2v) is 9.56. The Labute approximate surface area is 184 Å². The van der Waals surface area contributed by atoms with Crippen molar-refractivity contribution in [3.8, 4) is 5.75 Å². The maximum atomic E-state index is 12.9. The largest absolute Gasteiger partial charge is 0.496 e. The number of likely N-dealkylation sites (N-methyl/N-ethyl adjacent to an activating group) is 1. The summed E-state index contributed by atoms with van der Waals surface area (Å²) in [6.45, 7) is 2.90. The summed E-state index contributed by atoms with van der Waals surface area (Å²) in [7, 11) is -0.269. The van der Waals surface area contributed by atoms with Crippen molar-refractivity contribution in [3.05, 3.63) is 59.7 Å². The molecule has 1 aliphatic heterocycles. The van der Waals surface area contributed by atoms with Gasteiger partial charge in [-0.1, -0.05) is 18.2 Å². The van der Waals surface area contributed by atoms with E-state index in [1.807, 2.05) is 31.2 Å². The summed E-state index contributed by atoms with van der Waals surface area (Å²) in [5.74, 6) is 0.624. The van der Waals surface area contributed by atoms with Crippen LogP contribution in [0.25, 0.3) is 0 Å². The van der Waals surface area contributed by atoms with Crippen molar-refractivity contribution in [3.63, 3.8) is 0 Å². The number of nitrogens with one attached hydrogen (secondary N) is 1. The molecule has 1 aliphatic rings. The van der Waals surface area contributed by atoms with Gasteiger partial charge in [0, 0.05) is 31.8 Å². The number of nitrogens with zero attached hydrogens (tertiary/aromatic N) is 1. The quantitative estimate of drug-likeness (QED) is 0.640. The van der Waals surface area contributed by atoms with E-state index in [-0.39, 0.29) is 29.5 Å². The monoisotopic (exact) mass is 446 g/mol. The van der Waals surface area contributed by atoms with Gasteiger partial charge in [-0.05, 0) is 62.1 Å². The van der Waals surface area contributed by atoms with Gasteiger partial charge in [0.15, 0.2) is 0 Å². The Balaban J connectivity index is 1.63. The minimum Gasteiger partial charge on any atom is -0.496 e. The number of carbonyl (C=O) groups excluding carboxylic acids is 1. The molecule has 1 amide bonds. The van der Waals surface area contributed by atoms with Gasteiger partial charge in [-0.2, -0.15) is 0 Å². The topological polar surface area (TPSA) is 84.9 Å². The Kier molecular flexibility index (Phi) is 7.69. The molecular weight excluding hydrogens is 416 g/mol. The number of para-hydroxylation sites is 1. The average molecular weight is 447 g/mol. The minimum atomic E-state index is -3.64. The van der Waals surface area contributed by atoms with Gasteiger partial charge in [0.05, 0.1) is 18.1 Å². The highest BCUT2D eigenvalue weighted by Crippen LogP contribution is 2.21. The van der Waals surface area contributed by atoms with E-state index in [1.165, 1.54) is 12.1 Å².